The Labute approximate surface area is 483 Å². The molecule has 1 unspecified atom stereocenters. The Bertz CT molecular complexity index is 1180. The van der Waals surface area contributed by atoms with Gasteiger partial charge in [-0.05, 0) is 44.9 Å². The average molecular weight is 1080 g/mol. The van der Waals surface area contributed by atoms with Crippen LogP contribution >= 0.6 is 0 Å². The van der Waals surface area contributed by atoms with Gasteiger partial charge in [-0.25, -0.2) is 0 Å². The molecule has 0 spiro atoms. The van der Waals surface area contributed by atoms with Crippen LogP contribution in [0.4, 0.5) is 0 Å². The van der Waals surface area contributed by atoms with Crippen LogP contribution in [0.15, 0.2) is 24.3 Å². The fraction of sp³-hybridized carbons (Fsp3) is 0.917. The quantitative estimate of drug-likeness (QED) is 0.0373. The molecule has 0 amide bonds. The predicted octanol–water partition coefficient (Wildman–Crippen LogP) is 24.4. The monoisotopic (exact) mass is 1080 g/mol. The van der Waals surface area contributed by atoms with Gasteiger partial charge in [0.1, 0.15) is 6.61 Å². The van der Waals surface area contributed by atoms with Crippen LogP contribution in [0.5, 0.6) is 0 Å². The summed E-state index contributed by atoms with van der Waals surface area (Å²) >= 11 is 0. The van der Waals surface area contributed by atoms with Crippen LogP contribution in [-0.2, 0) is 19.1 Å². The van der Waals surface area contributed by atoms with E-state index in [0.29, 0.717) is 12.8 Å². The van der Waals surface area contributed by atoms with E-state index in [1.54, 1.807) is 0 Å². The molecule has 0 saturated carbocycles. The summed E-state index contributed by atoms with van der Waals surface area (Å²) < 4.78 is 10.8. The van der Waals surface area contributed by atoms with Gasteiger partial charge < -0.3 is 14.6 Å². The van der Waals surface area contributed by atoms with Crippen LogP contribution in [0.25, 0.3) is 0 Å². The standard InChI is InChI=1S/C72H138O5/c1-3-5-7-9-11-13-15-17-19-21-23-25-27-29-30-31-32-33-34-35-36-37-38-39-40-41-43-44-46-48-50-52-54-56-58-60-62-64-66-71(74)76-69-70(68-73)77-72(75)67-65-63-61-59-57-55-53-51-49-47-45-42-28-26-24-22-20-18-16-14-12-10-8-6-4-2/h16,18,22,24,70,73H,3-15,17,19-21,23,25-69H2,1-2H3/b18-16-,24-22-. The molecule has 0 saturated heterocycles. The lowest BCUT2D eigenvalue weighted by atomic mass is 10.0. The van der Waals surface area contributed by atoms with Gasteiger partial charge in [0.15, 0.2) is 6.10 Å². The number of esters is 2. The highest BCUT2D eigenvalue weighted by atomic mass is 16.6. The molecule has 0 aromatic carbocycles. The van der Waals surface area contributed by atoms with E-state index in [-0.39, 0.29) is 25.2 Å². The van der Waals surface area contributed by atoms with E-state index in [2.05, 4.69) is 38.2 Å². The minimum atomic E-state index is -0.770. The first-order valence-corrected chi connectivity index (χ1v) is 35.4. The molecular weight excluding hydrogens is 945 g/mol. The predicted molar refractivity (Wildman–Crippen MR) is 339 cm³/mol. The summed E-state index contributed by atoms with van der Waals surface area (Å²) in [6, 6.07) is 0. The lowest BCUT2D eigenvalue weighted by molar-refractivity contribution is -0.161. The molecule has 0 aromatic heterocycles. The van der Waals surface area contributed by atoms with Crippen molar-refractivity contribution in [3.05, 3.63) is 24.3 Å². The maximum atomic E-state index is 12.3. The van der Waals surface area contributed by atoms with Crippen molar-refractivity contribution in [2.24, 2.45) is 0 Å². The zero-order valence-corrected chi connectivity index (χ0v) is 52.5. The third-order valence-corrected chi connectivity index (χ3v) is 16.5. The second-order valence-corrected chi connectivity index (χ2v) is 24.3. The van der Waals surface area contributed by atoms with Gasteiger partial charge in [-0.15, -0.1) is 0 Å². The summed E-state index contributed by atoms with van der Waals surface area (Å²) in [4.78, 5) is 24.6. The van der Waals surface area contributed by atoms with Gasteiger partial charge in [-0.2, -0.15) is 0 Å². The molecular formula is C72H138O5. The molecule has 0 heterocycles. The van der Waals surface area contributed by atoms with Gasteiger partial charge >= 0.3 is 11.9 Å². The first kappa shape index (κ1) is 75.4. The number of ether oxygens (including phenoxy) is 2. The van der Waals surface area contributed by atoms with Crippen molar-refractivity contribution in [2.75, 3.05) is 13.2 Å². The number of hydrogen-bond donors (Lipinski definition) is 1. The van der Waals surface area contributed by atoms with E-state index >= 15 is 0 Å². The second kappa shape index (κ2) is 68.7. The van der Waals surface area contributed by atoms with E-state index in [9.17, 15) is 14.7 Å². The van der Waals surface area contributed by atoms with Crippen molar-refractivity contribution in [1.82, 2.24) is 0 Å². The zero-order chi connectivity index (χ0) is 55.5. The first-order chi connectivity index (χ1) is 38.1. The summed E-state index contributed by atoms with van der Waals surface area (Å²) in [5.41, 5.74) is 0. The van der Waals surface area contributed by atoms with Crippen LogP contribution in [0.2, 0.25) is 0 Å². The van der Waals surface area contributed by atoms with Crippen molar-refractivity contribution in [3.63, 3.8) is 0 Å². The van der Waals surface area contributed by atoms with Gasteiger partial charge in [0.05, 0.1) is 6.61 Å². The number of rotatable bonds is 67. The van der Waals surface area contributed by atoms with E-state index in [1.807, 2.05) is 0 Å². The minimum Gasteiger partial charge on any atom is -0.462 e. The van der Waals surface area contributed by atoms with Gasteiger partial charge in [0.25, 0.3) is 0 Å². The van der Waals surface area contributed by atoms with Crippen molar-refractivity contribution in [3.8, 4) is 0 Å². The third-order valence-electron chi connectivity index (χ3n) is 16.5. The molecule has 0 aliphatic carbocycles. The van der Waals surface area contributed by atoms with Crippen molar-refractivity contribution < 1.29 is 24.2 Å². The molecule has 0 aromatic rings. The van der Waals surface area contributed by atoms with Crippen molar-refractivity contribution >= 4 is 11.9 Å². The Morgan fingerprint density at radius 2 is 0.519 bits per heavy atom. The van der Waals surface area contributed by atoms with Gasteiger partial charge in [0, 0.05) is 12.8 Å². The summed E-state index contributed by atoms with van der Waals surface area (Å²) in [5, 5.41) is 9.69. The van der Waals surface area contributed by atoms with E-state index in [4.69, 9.17) is 9.47 Å². The molecule has 5 nitrogen and oxygen atoms in total. The average Bonchev–Trinajstić information content (AvgIpc) is 3.43. The van der Waals surface area contributed by atoms with Crippen LogP contribution in [-0.4, -0.2) is 36.4 Å². The number of allylic oxidation sites excluding steroid dienone is 4. The van der Waals surface area contributed by atoms with Crippen LogP contribution < -0.4 is 0 Å². The summed E-state index contributed by atoms with van der Waals surface area (Å²) in [7, 11) is 0. The second-order valence-electron chi connectivity index (χ2n) is 24.3. The molecule has 0 bridgehead atoms. The highest BCUT2D eigenvalue weighted by Crippen LogP contribution is 2.19. The molecule has 0 rings (SSSR count). The molecule has 456 valence electrons. The number of aliphatic hydroxyl groups excluding tert-OH is 1. The third kappa shape index (κ3) is 66.8. The van der Waals surface area contributed by atoms with E-state index in [0.717, 1.165) is 38.5 Å². The molecule has 0 fully saturated rings. The Balaban J connectivity index is 3.36. The summed E-state index contributed by atoms with van der Waals surface area (Å²) in [6.07, 6.45) is 89.5. The van der Waals surface area contributed by atoms with Crippen molar-refractivity contribution in [2.45, 2.75) is 412 Å². The fourth-order valence-electron chi connectivity index (χ4n) is 11.2. The minimum absolute atomic E-state index is 0.0595. The highest BCUT2D eigenvalue weighted by Gasteiger charge is 2.16. The summed E-state index contributed by atoms with van der Waals surface area (Å²) in [5.74, 6) is -0.567. The molecule has 1 N–H and O–H groups in total. The number of carbonyl (C=O) groups excluding carboxylic acids is 2. The largest absolute Gasteiger partial charge is 0.462 e. The molecule has 0 aliphatic rings. The van der Waals surface area contributed by atoms with Crippen LogP contribution in [0.3, 0.4) is 0 Å². The SMILES string of the molecule is CCCCCCC/C=C\C/C=C\CCCCCCCCCCCCCCCC(=O)OC(CO)COC(=O)CCCCCCCCCCCCCCCCCCCCCCCCCCCCCCCCCCCCCCCC. The molecule has 77 heavy (non-hydrogen) atoms. The first-order valence-electron chi connectivity index (χ1n) is 35.4. The topological polar surface area (TPSA) is 72.8 Å². The van der Waals surface area contributed by atoms with Gasteiger partial charge in [0.2, 0.25) is 0 Å². The van der Waals surface area contributed by atoms with Crippen LogP contribution in [0.1, 0.15) is 406 Å². The molecule has 5 heteroatoms. The van der Waals surface area contributed by atoms with Gasteiger partial charge in [-0.1, -0.05) is 372 Å². The lowest BCUT2D eigenvalue weighted by Gasteiger charge is -2.15. The van der Waals surface area contributed by atoms with E-state index in [1.165, 1.54) is 340 Å². The number of aliphatic hydroxyl groups is 1. The Kier molecular flexibility index (Phi) is 67.2. The maximum Gasteiger partial charge on any atom is 0.306 e. The van der Waals surface area contributed by atoms with Crippen LogP contribution in [0, 0.1) is 0 Å². The maximum absolute atomic E-state index is 12.3. The Morgan fingerprint density at radius 3 is 0.766 bits per heavy atom. The summed E-state index contributed by atoms with van der Waals surface area (Å²) in [6.45, 7) is 4.20. The number of hydrogen-bond acceptors (Lipinski definition) is 5. The lowest BCUT2D eigenvalue weighted by Crippen LogP contribution is -2.28. The normalized spacial score (nSPS) is 12.2. The Hall–Kier alpha value is -1.62. The van der Waals surface area contributed by atoms with Gasteiger partial charge in [-0.3, -0.25) is 9.59 Å². The smallest absolute Gasteiger partial charge is 0.306 e. The molecule has 1 atom stereocenters. The molecule has 0 radical (unpaired) electrons. The highest BCUT2D eigenvalue weighted by molar-refractivity contribution is 5.70. The fourth-order valence-corrected chi connectivity index (χ4v) is 11.2. The van der Waals surface area contributed by atoms with Crippen molar-refractivity contribution in [1.29, 1.82) is 0 Å². The number of unbranched alkanes of at least 4 members (excludes halogenated alkanes) is 55. The van der Waals surface area contributed by atoms with E-state index < -0.39 is 6.10 Å². The Morgan fingerprint density at radius 1 is 0.299 bits per heavy atom. The molecule has 0 aliphatic heterocycles. The number of carbonyl (C=O) groups is 2. The zero-order valence-electron chi connectivity index (χ0n) is 52.5.